The molecule has 0 saturated carbocycles. The first-order chi connectivity index (χ1) is 10.8. The molecule has 0 spiro atoms. The fraction of sp³-hybridized carbons (Fsp3) is 0.353. The summed E-state index contributed by atoms with van der Waals surface area (Å²) >= 11 is 0. The fourth-order valence-corrected chi connectivity index (χ4v) is 4.62. The van der Waals surface area contributed by atoms with E-state index >= 15 is 0 Å². The molecular weight excluding hydrogens is 312 g/mol. The highest BCUT2D eigenvalue weighted by Crippen LogP contribution is 2.26. The second kappa shape index (κ2) is 5.53. The van der Waals surface area contributed by atoms with E-state index in [2.05, 4.69) is 0 Å². The fourth-order valence-electron chi connectivity index (χ4n) is 3.05. The van der Waals surface area contributed by atoms with Crippen molar-refractivity contribution in [3.8, 4) is 0 Å². The number of hydrogen-bond acceptors (Lipinski definition) is 4. The predicted molar refractivity (Wildman–Crippen MR) is 92.1 cm³/mol. The van der Waals surface area contributed by atoms with Gasteiger partial charge in [0.15, 0.2) is 9.84 Å². The summed E-state index contributed by atoms with van der Waals surface area (Å²) in [7, 11) is -3.13. The van der Waals surface area contributed by atoms with Crippen LogP contribution in [0.25, 0.3) is 10.8 Å². The molecule has 1 heterocycles. The Bertz CT molecular complexity index is 877. The standard InChI is InChI=1S/C17H20N2O3S/c1-11-12(2)23(21,22)8-7-19(11)17(20)15-9-13-5-3-4-6-14(13)10-16(15)18/h3-6,9-12H,7-8,18H2,1-2H3/t11-,12+/m1/s1. The highest BCUT2D eigenvalue weighted by Gasteiger charge is 2.38. The number of amides is 1. The zero-order chi connectivity index (χ0) is 16.8. The lowest BCUT2D eigenvalue weighted by Crippen LogP contribution is -2.54. The smallest absolute Gasteiger partial charge is 0.256 e. The molecule has 0 radical (unpaired) electrons. The second-order valence-corrected chi connectivity index (χ2v) is 8.58. The van der Waals surface area contributed by atoms with E-state index in [4.69, 9.17) is 5.73 Å². The molecule has 0 aliphatic carbocycles. The molecule has 2 aromatic rings. The van der Waals surface area contributed by atoms with E-state index in [1.165, 1.54) is 0 Å². The van der Waals surface area contributed by atoms with Crippen molar-refractivity contribution < 1.29 is 13.2 Å². The Morgan fingerprint density at radius 1 is 1.17 bits per heavy atom. The molecule has 2 aromatic carbocycles. The molecule has 2 atom stereocenters. The van der Waals surface area contributed by atoms with Crippen LogP contribution in [0.2, 0.25) is 0 Å². The number of nitrogens with zero attached hydrogens (tertiary/aromatic N) is 1. The van der Waals surface area contributed by atoms with Crippen LogP contribution in [0.3, 0.4) is 0 Å². The van der Waals surface area contributed by atoms with Crippen LogP contribution >= 0.6 is 0 Å². The van der Waals surface area contributed by atoms with E-state index in [1.54, 1.807) is 30.9 Å². The molecule has 1 fully saturated rings. The Labute approximate surface area is 136 Å². The minimum Gasteiger partial charge on any atom is -0.398 e. The van der Waals surface area contributed by atoms with Crippen LogP contribution in [0.15, 0.2) is 36.4 Å². The van der Waals surface area contributed by atoms with Crippen LogP contribution in [-0.2, 0) is 9.84 Å². The van der Waals surface area contributed by atoms with E-state index < -0.39 is 15.1 Å². The van der Waals surface area contributed by atoms with Crippen LogP contribution in [0.5, 0.6) is 0 Å². The third-order valence-electron chi connectivity index (χ3n) is 4.76. The van der Waals surface area contributed by atoms with Gasteiger partial charge in [0.05, 0.1) is 16.6 Å². The SMILES string of the molecule is C[C@@H]1[C@H](C)S(=O)(=O)CCN1C(=O)c1cc2ccccc2cc1N. The zero-order valence-electron chi connectivity index (χ0n) is 13.2. The van der Waals surface area contributed by atoms with Crippen LogP contribution in [0.1, 0.15) is 24.2 Å². The first-order valence-corrected chi connectivity index (χ1v) is 9.33. The number of nitrogen functional groups attached to an aromatic ring is 1. The minimum absolute atomic E-state index is 0.00225. The monoisotopic (exact) mass is 332 g/mol. The van der Waals surface area contributed by atoms with Gasteiger partial charge in [-0.2, -0.15) is 0 Å². The molecule has 1 saturated heterocycles. The lowest BCUT2D eigenvalue weighted by atomic mass is 10.0. The number of nitrogens with two attached hydrogens (primary N) is 1. The lowest BCUT2D eigenvalue weighted by molar-refractivity contribution is 0.0694. The molecule has 122 valence electrons. The second-order valence-electron chi connectivity index (χ2n) is 6.10. The maximum absolute atomic E-state index is 12.9. The van der Waals surface area contributed by atoms with Gasteiger partial charge in [-0.15, -0.1) is 0 Å². The van der Waals surface area contributed by atoms with Gasteiger partial charge < -0.3 is 10.6 Å². The number of fused-ring (bicyclic) bond motifs is 1. The molecule has 3 rings (SSSR count). The normalized spacial score (nSPS) is 23.8. The van der Waals surface area contributed by atoms with Crippen molar-refractivity contribution in [3.05, 3.63) is 42.0 Å². The summed E-state index contributed by atoms with van der Waals surface area (Å²) in [4.78, 5) is 14.5. The molecule has 1 amide bonds. The number of anilines is 1. The number of hydrogen-bond donors (Lipinski definition) is 1. The number of carbonyl (C=O) groups excluding carboxylic acids is 1. The Kier molecular flexibility index (Phi) is 3.80. The first-order valence-electron chi connectivity index (χ1n) is 7.62. The zero-order valence-corrected chi connectivity index (χ0v) is 14.0. The highest BCUT2D eigenvalue weighted by molar-refractivity contribution is 7.92. The summed E-state index contributed by atoms with van der Waals surface area (Å²) in [6.45, 7) is 3.64. The summed E-state index contributed by atoms with van der Waals surface area (Å²) in [5, 5.41) is 1.35. The van der Waals surface area contributed by atoms with E-state index in [-0.39, 0.29) is 24.2 Å². The minimum atomic E-state index is -3.13. The van der Waals surface area contributed by atoms with E-state index in [0.29, 0.717) is 11.3 Å². The molecule has 6 heteroatoms. The van der Waals surface area contributed by atoms with Gasteiger partial charge in [0.2, 0.25) is 0 Å². The summed E-state index contributed by atoms with van der Waals surface area (Å²) in [5.74, 6) is -0.208. The van der Waals surface area contributed by atoms with Gasteiger partial charge in [-0.25, -0.2) is 8.42 Å². The lowest BCUT2D eigenvalue weighted by Gasteiger charge is -2.37. The molecule has 5 nitrogen and oxygen atoms in total. The van der Waals surface area contributed by atoms with Gasteiger partial charge in [0.1, 0.15) is 0 Å². The van der Waals surface area contributed by atoms with Gasteiger partial charge in [-0.1, -0.05) is 24.3 Å². The summed E-state index contributed by atoms with van der Waals surface area (Å²) in [6.07, 6.45) is 0. The molecule has 1 aliphatic heterocycles. The third-order valence-corrected chi connectivity index (χ3v) is 7.04. The Morgan fingerprint density at radius 2 is 1.78 bits per heavy atom. The first kappa shape index (κ1) is 15.8. The third kappa shape index (κ3) is 2.67. The predicted octanol–water partition coefficient (Wildman–Crippen LogP) is 2.07. The van der Waals surface area contributed by atoms with Crippen molar-refractivity contribution in [3.63, 3.8) is 0 Å². The van der Waals surface area contributed by atoms with E-state index in [9.17, 15) is 13.2 Å². The van der Waals surface area contributed by atoms with Crippen molar-refractivity contribution in [1.29, 1.82) is 0 Å². The van der Waals surface area contributed by atoms with Crippen molar-refractivity contribution in [2.75, 3.05) is 18.0 Å². The average Bonchev–Trinajstić information content (AvgIpc) is 2.51. The molecule has 0 aromatic heterocycles. The average molecular weight is 332 g/mol. The molecule has 23 heavy (non-hydrogen) atoms. The molecule has 1 aliphatic rings. The summed E-state index contributed by atoms with van der Waals surface area (Å²) in [6, 6.07) is 10.9. The Hall–Kier alpha value is -2.08. The Balaban J connectivity index is 1.99. The maximum atomic E-state index is 12.9. The summed E-state index contributed by atoms with van der Waals surface area (Å²) in [5.41, 5.74) is 6.91. The van der Waals surface area contributed by atoms with Crippen molar-refractivity contribution in [2.45, 2.75) is 25.1 Å². The van der Waals surface area contributed by atoms with Gasteiger partial charge in [0, 0.05) is 18.3 Å². The van der Waals surface area contributed by atoms with Crippen molar-refractivity contribution >= 4 is 32.2 Å². The van der Waals surface area contributed by atoms with Crippen LogP contribution in [-0.4, -0.2) is 42.8 Å². The number of benzene rings is 2. The Morgan fingerprint density at radius 3 is 2.43 bits per heavy atom. The van der Waals surface area contributed by atoms with Crippen molar-refractivity contribution in [2.24, 2.45) is 0 Å². The van der Waals surface area contributed by atoms with E-state index in [1.807, 2.05) is 24.3 Å². The number of rotatable bonds is 1. The number of sulfone groups is 1. The molecular formula is C17H20N2O3S. The number of carbonyl (C=O) groups is 1. The quantitative estimate of drug-likeness (QED) is 0.811. The van der Waals surface area contributed by atoms with Gasteiger partial charge in [0.25, 0.3) is 5.91 Å². The summed E-state index contributed by atoms with van der Waals surface area (Å²) < 4.78 is 24.0. The van der Waals surface area contributed by atoms with Gasteiger partial charge in [-0.05, 0) is 36.8 Å². The van der Waals surface area contributed by atoms with Crippen LogP contribution in [0.4, 0.5) is 5.69 Å². The van der Waals surface area contributed by atoms with Crippen molar-refractivity contribution in [1.82, 2.24) is 4.90 Å². The van der Waals surface area contributed by atoms with Gasteiger partial charge >= 0.3 is 0 Å². The molecule has 0 bridgehead atoms. The van der Waals surface area contributed by atoms with Crippen LogP contribution < -0.4 is 5.73 Å². The van der Waals surface area contributed by atoms with Crippen LogP contribution in [0, 0.1) is 0 Å². The maximum Gasteiger partial charge on any atom is 0.256 e. The highest BCUT2D eigenvalue weighted by atomic mass is 32.2. The van der Waals surface area contributed by atoms with Gasteiger partial charge in [-0.3, -0.25) is 4.79 Å². The molecule has 2 N–H and O–H groups in total. The topological polar surface area (TPSA) is 80.5 Å². The van der Waals surface area contributed by atoms with E-state index in [0.717, 1.165) is 10.8 Å². The largest absolute Gasteiger partial charge is 0.398 e. The molecule has 0 unspecified atom stereocenters.